The van der Waals surface area contributed by atoms with E-state index in [1.807, 2.05) is 0 Å². The molecule has 0 aliphatic carbocycles. The summed E-state index contributed by atoms with van der Waals surface area (Å²) in [6.45, 7) is 0. The van der Waals surface area contributed by atoms with Crippen molar-refractivity contribution < 1.29 is 40.8 Å². The first kappa shape index (κ1) is 17.3. The summed E-state index contributed by atoms with van der Waals surface area (Å²) >= 11 is 0.738. The highest BCUT2D eigenvalue weighted by atomic mass is 32.1. The SMILES string of the molecule is O=C(OP(F)F)c1cc2cc(C(F)(F)P(=O)(O)O)ccc2s1. The number of fused-ring (bicyclic) bond motifs is 1. The lowest BCUT2D eigenvalue weighted by molar-refractivity contribution is 0.0566. The van der Waals surface area contributed by atoms with Gasteiger partial charge in [-0.3, -0.25) is 4.57 Å². The summed E-state index contributed by atoms with van der Waals surface area (Å²) in [4.78, 5) is 28.4. The molecule has 0 fully saturated rings. The molecular formula is C10H6F4O5P2S. The lowest BCUT2D eigenvalue weighted by Crippen LogP contribution is -2.13. The first-order valence-corrected chi connectivity index (χ1v) is 8.81. The molecule has 0 aliphatic rings. The first-order valence-electron chi connectivity index (χ1n) is 5.34. The maximum absolute atomic E-state index is 13.6. The summed E-state index contributed by atoms with van der Waals surface area (Å²) in [6.07, 6.45) is 0. The Kier molecular flexibility index (Phi) is 4.61. The summed E-state index contributed by atoms with van der Waals surface area (Å²) in [5.74, 6) is -1.29. The van der Waals surface area contributed by atoms with Crippen molar-refractivity contribution in [2.24, 2.45) is 0 Å². The van der Waals surface area contributed by atoms with Crippen LogP contribution in [0, 0.1) is 0 Å². The Hall–Kier alpha value is -1.05. The van der Waals surface area contributed by atoms with Gasteiger partial charge in [0.1, 0.15) is 4.88 Å². The number of alkyl halides is 2. The van der Waals surface area contributed by atoms with Crippen LogP contribution in [0.1, 0.15) is 15.2 Å². The Morgan fingerprint density at radius 1 is 1.27 bits per heavy atom. The normalized spacial score (nSPS) is 12.9. The van der Waals surface area contributed by atoms with Crippen molar-refractivity contribution in [3.05, 3.63) is 34.7 Å². The Morgan fingerprint density at radius 3 is 2.45 bits per heavy atom. The summed E-state index contributed by atoms with van der Waals surface area (Å²) in [5, 5.41) is 0.0598. The van der Waals surface area contributed by atoms with Crippen LogP contribution in [-0.2, 0) is 14.8 Å². The van der Waals surface area contributed by atoms with Gasteiger partial charge in [0.25, 0.3) is 0 Å². The first-order chi connectivity index (χ1) is 10.0. The summed E-state index contributed by atoms with van der Waals surface area (Å²) in [7, 11) is -9.62. The lowest BCUT2D eigenvalue weighted by Gasteiger charge is -2.17. The zero-order valence-corrected chi connectivity index (χ0v) is 12.8. The predicted molar refractivity (Wildman–Crippen MR) is 72.3 cm³/mol. The molecule has 2 N–H and O–H groups in total. The second kappa shape index (κ2) is 5.86. The third kappa shape index (κ3) is 3.31. The largest absolute Gasteiger partial charge is 0.483 e. The van der Waals surface area contributed by atoms with Crippen molar-refractivity contribution >= 4 is 43.8 Å². The smallest absolute Gasteiger partial charge is 0.384 e. The molecule has 0 bridgehead atoms. The van der Waals surface area contributed by atoms with Crippen LogP contribution in [0.15, 0.2) is 24.3 Å². The van der Waals surface area contributed by atoms with Gasteiger partial charge in [0.05, 0.1) is 0 Å². The Balaban J connectivity index is 2.44. The lowest BCUT2D eigenvalue weighted by atomic mass is 10.1. The van der Waals surface area contributed by atoms with Crippen molar-refractivity contribution in [1.82, 2.24) is 0 Å². The summed E-state index contributed by atoms with van der Waals surface area (Å²) < 4.78 is 66.1. The second-order valence-corrected chi connectivity index (χ2v) is 7.35. The highest BCUT2D eigenvalue weighted by Crippen LogP contribution is 2.59. The minimum atomic E-state index is -5.72. The molecule has 2 rings (SSSR count). The molecule has 0 aliphatic heterocycles. The molecule has 5 nitrogen and oxygen atoms in total. The Bertz CT molecular complexity index is 772. The molecule has 1 aromatic carbocycles. The molecule has 2 aromatic rings. The molecule has 22 heavy (non-hydrogen) atoms. The zero-order chi connectivity index (χ0) is 16.7. The van der Waals surface area contributed by atoms with E-state index in [9.17, 15) is 26.5 Å². The third-order valence-electron chi connectivity index (χ3n) is 2.58. The monoisotopic (exact) mass is 376 g/mol. The number of hydrogen-bond acceptors (Lipinski definition) is 4. The van der Waals surface area contributed by atoms with Gasteiger partial charge in [-0.15, -0.1) is 19.7 Å². The van der Waals surface area contributed by atoms with Crippen LogP contribution in [0.3, 0.4) is 0 Å². The van der Waals surface area contributed by atoms with Gasteiger partial charge in [0.15, 0.2) is 0 Å². The van der Waals surface area contributed by atoms with Gasteiger partial charge in [-0.1, -0.05) is 6.07 Å². The fourth-order valence-corrected chi connectivity index (χ4v) is 3.29. The molecular weight excluding hydrogens is 370 g/mol. The molecule has 12 heteroatoms. The topological polar surface area (TPSA) is 83.8 Å². The molecule has 0 atom stereocenters. The van der Waals surface area contributed by atoms with Gasteiger partial charge in [-0.25, -0.2) is 4.79 Å². The van der Waals surface area contributed by atoms with E-state index in [-0.39, 0.29) is 10.3 Å². The molecule has 0 spiro atoms. The van der Waals surface area contributed by atoms with Crippen molar-refractivity contribution in [2.75, 3.05) is 0 Å². The van der Waals surface area contributed by atoms with Gasteiger partial charge in [-0.05, 0) is 23.6 Å². The molecule has 1 aromatic heterocycles. The van der Waals surface area contributed by atoms with Gasteiger partial charge in [0, 0.05) is 10.3 Å². The van der Waals surface area contributed by atoms with Crippen molar-refractivity contribution in [1.29, 1.82) is 0 Å². The maximum Gasteiger partial charge on any atom is 0.483 e. The fraction of sp³-hybridized carbons (Fsp3) is 0.100. The van der Waals surface area contributed by atoms with Crippen LogP contribution in [0.4, 0.5) is 17.2 Å². The predicted octanol–water partition coefficient (Wildman–Crippen LogP) is 4.45. The Labute approximate surface area is 125 Å². The third-order valence-corrected chi connectivity index (χ3v) is 4.97. The molecule has 1 heterocycles. The summed E-state index contributed by atoms with van der Waals surface area (Å²) in [6, 6.07) is 3.74. The summed E-state index contributed by atoms with van der Waals surface area (Å²) in [5.41, 5.74) is -5.33. The minimum Gasteiger partial charge on any atom is -0.384 e. The van der Waals surface area contributed by atoms with Gasteiger partial charge in [0.2, 0.25) is 0 Å². The number of rotatable bonds is 4. The number of thiophene rings is 1. The van der Waals surface area contributed by atoms with Gasteiger partial charge < -0.3 is 14.3 Å². The van der Waals surface area contributed by atoms with Crippen molar-refractivity contribution in [3.8, 4) is 0 Å². The fourth-order valence-electron chi connectivity index (χ4n) is 1.61. The van der Waals surface area contributed by atoms with Crippen LogP contribution in [0.25, 0.3) is 10.1 Å². The Morgan fingerprint density at radius 2 is 1.91 bits per heavy atom. The average Bonchev–Trinajstić information content (AvgIpc) is 2.79. The number of carbonyl (C=O) groups excluding carboxylic acids is 1. The van der Waals surface area contributed by atoms with E-state index >= 15 is 0 Å². The highest BCUT2D eigenvalue weighted by Gasteiger charge is 2.50. The van der Waals surface area contributed by atoms with E-state index < -0.39 is 33.6 Å². The average molecular weight is 376 g/mol. The molecule has 0 saturated carbocycles. The van der Waals surface area contributed by atoms with E-state index in [4.69, 9.17) is 9.79 Å². The highest BCUT2D eigenvalue weighted by molar-refractivity contribution is 7.52. The minimum absolute atomic E-state index is 0.0598. The molecule has 0 saturated heterocycles. The van der Waals surface area contributed by atoms with Gasteiger partial charge >= 0.3 is 28.0 Å². The van der Waals surface area contributed by atoms with E-state index in [0.717, 1.165) is 35.6 Å². The van der Waals surface area contributed by atoms with Crippen LogP contribution in [0.2, 0.25) is 0 Å². The molecule has 120 valence electrons. The van der Waals surface area contributed by atoms with Crippen LogP contribution < -0.4 is 0 Å². The van der Waals surface area contributed by atoms with E-state index in [1.54, 1.807) is 0 Å². The van der Waals surface area contributed by atoms with Crippen LogP contribution >= 0.6 is 27.7 Å². The second-order valence-electron chi connectivity index (χ2n) is 4.03. The molecule has 0 amide bonds. The number of benzene rings is 1. The molecule has 0 unspecified atom stereocenters. The molecule has 0 radical (unpaired) electrons. The number of hydrogen-bond donors (Lipinski definition) is 2. The van der Waals surface area contributed by atoms with Crippen LogP contribution in [-0.4, -0.2) is 15.8 Å². The maximum atomic E-state index is 13.6. The van der Waals surface area contributed by atoms with E-state index in [0.29, 0.717) is 4.70 Å². The van der Waals surface area contributed by atoms with E-state index in [1.165, 1.54) is 0 Å². The van der Waals surface area contributed by atoms with Crippen molar-refractivity contribution in [2.45, 2.75) is 5.66 Å². The van der Waals surface area contributed by atoms with E-state index in [2.05, 4.69) is 4.52 Å². The van der Waals surface area contributed by atoms with Gasteiger partial charge in [-0.2, -0.15) is 8.78 Å². The quantitative estimate of drug-likeness (QED) is 0.609. The zero-order valence-electron chi connectivity index (χ0n) is 10.2. The standard InChI is InChI=1S/C10H6F4O5P2S/c11-10(12,21(16,17)18)6-1-2-7-5(3-6)4-8(22-7)9(15)19-20(13)14/h1-4H,(H2,16,17,18). The number of halogens is 4. The van der Waals surface area contributed by atoms with Crippen LogP contribution in [0.5, 0.6) is 0 Å². The van der Waals surface area contributed by atoms with Crippen molar-refractivity contribution in [3.63, 3.8) is 0 Å². The number of carbonyl (C=O) groups is 1.